The summed E-state index contributed by atoms with van der Waals surface area (Å²) in [6.07, 6.45) is 5.37. The molecular weight excluding hydrogens is 220 g/mol. The van der Waals surface area contributed by atoms with Crippen molar-refractivity contribution in [3.8, 4) is 0 Å². The molecule has 1 saturated carbocycles. The summed E-state index contributed by atoms with van der Waals surface area (Å²) >= 11 is 1.68. The van der Waals surface area contributed by atoms with Gasteiger partial charge in [-0.25, -0.2) is 0 Å². The van der Waals surface area contributed by atoms with Crippen molar-refractivity contribution in [3.05, 3.63) is 11.5 Å². The molecule has 2 nitrogen and oxygen atoms in total. The summed E-state index contributed by atoms with van der Waals surface area (Å²) in [6.45, 7) is 8.05. The van der Waals surface area contributed by atoms with Crippen molar-refractivity contribution < 1.29 is 9.90 Å². The fourth-order valence-electron chi connectivity index (χ4n) is 2.61. The van der Waals surface area contributed by atoms with Gasteiger partial charge in [0.15, 0.2) is 0 Å². The molecule has 3 atom stereocenters. The maximum absolute atomic E-state index is 11.3. The van der Waals surface area contributed by atoms with E-state index in [1.807, 2.05) is 6.92 Å². The summed E-state index contributed by atoms with van der Waals surface area (Å²) < 4.78 is 0. The van der Waals surface area contributed by atoms with Crippen LogP contribution in [0.15, 0.2) is 11.5 Å². The third kappa shape index (κ3) is 3.55. The van der Waals surface area contributed by atoms with Gasteiger partial charge in [-0.2, -0.15) is 0 Å². The number of aliphatic carboxylic acids is 1. The number of carboxylic acids is 1. The summed E-state index contributed by atoms with van der Waals surface area (Å²) in [7, 11) is 0. The molecule has 1 rings (SSSR count). The van der Waals surface area contributed by atoms with Crippen LogP contribution >= 0.6 is 11.8 Å². The van der Waals surface area contributed by atoms with Crippen LogP contribution in [0.4, 0.5) is 0 Å². The Labute approximate surface area is 103 Å². The lowest BCUT2D eigenvalue weighted by Crippen LogP contribution is -2.35. The zero-order chi connectivity index (χ0) is 12.1. The maximum atomic E-state index is 11.3. The van der Waals surface area contributed by atoms with Gasteiger partial charge in [-0.1, -0.05) is 26.3 Å². The number of hydrogen-bond acceptors (Lipinski definition) is 2. The summed E-state index contributed by atoms with van der Waals surface area (Å²) in [4.78, 5) is 12.3. The Morgan fingerprint density at radius 1 is 1.50 bits per heavy atom. The second-order valence-corrected chi connectivity index (χ2v) is 6.19. The molecule has 0 aromatic carbocycles. The Morgan fingerprint density at radius 3 is 2.69 bits per heavy atom. The van der Waals surface area contributed by atoms with Gasteiger partial charge in [0, 0.05) is 5.25 Å². The van der Waals surface area contributed by atoms with Crippen LogP contribution in [0.25, 0.3) is 0 Å². The van der Waals surface area contributed by atoms with Gasteiger partial charge in [0.2, 0.25) is 0 Å². The number of rotatable bonds is 5. The van der Waals surface area contributed by atoms with E-state index in [4.69, 9.17) is 0 Å². The van der Waals surface area contributed by atoms with E-state index in [0.717, 1.165) is 30.6 Å². The van der Waals surface area contributed by atoms with Gasteiger partial charge < -0.3 is 5.11 Å². The van der Waals surface area contributed by atoms with Gasteiger partial charge in [0.25, 0.3) is 0 Å². The average molecular weight is 242 g/mol. The molecule has 0 aromatic heterocycles. The molecule has 1 aliphatic carbocycles. The van der Waals surface area contributed by atoms with E-state index in [9.17, 15) is 9.90 Å². The van der Waals surface area contributed by atoms with E-state index >= 15 is 0 Å². The van der Waals surface area contributed by atoms with Crippen LogP contribution in [-0.4, -0.2) is 16.3 Å². The van der Waals surface area contributed by atoms with Gasteiger partial charge in [-0.3, -0.25) is 4.79 Å². The molecule has 0 aromatic rings. The minimum Gasteiger partial charge on any atom is -0.481 e. The highest BCUT2D eigenvalue weighted by Crippen LogP contribution is 2.42. The summed E-state index contributed by atoms with van der Waals surface area (Å²) in [5, 5.41) is 9.50. The van der Waals surface area contributed by atoms with E-state index in [1.165, 1.54) is 6.42 Å². The molecule has 0 heterocycles. The van der Waals surface area contributed by atoms with Gasteiger partial charge in [0.1, 0.15) is 0 Å². The molecule has 3 heteroatoms. The summed E-state index contributed by atoms with van der Waals surface area (Å²) in [5.41, 5.74) is 0. The molecule has 92 valence electrons. The van der Waals surface area contributed by atoms with Crippen LogP contribution < -0.4 is 0 Å². The molecule has 0 amide bonds. The lowest BCUT2D eigenvalue weighted by Gasteiger charge is -2.35. The number of carboxylic acid groups (broad SMARTS) is 1. The quantitative estimate of drug-likeness (QED) is 0.794. The van der Waals surface area contributed by atoms with Crippen LogP contribution in [0.2, 0.25) is 0 Å². The fraction of sp³-hybridized carbons (Fsp3) is 0.769. The van der Waals surface area contributed by atoms with E-state index < -0.39 is 5.97 Å². The first-order valence-corrected chi connectivity index (χ1v) is 6.99. The van der Waals surface area contributed by atoms with Crippen molar-refractivity contribution in [2.45, 2.75) is 51.2 Å². The molecule has 1 fully saturated rings. The molecule has 0 radical (unpaired) electrons. The maximum Gasteiger partial charge on any atom is 0.307 e. The Kier molecular flexibility index (Phi) is 5.39. The van der Waals surface area contributed by atoms with Crippen molar-refractivity contribution in [1.29, 1.82) is 0 Å². The largest absolute Gasteiger partial charge is 0.481 e. The summed E-state index contributed by atoms with van der Waals surface area (Å²) in [5.74, 6) is -0.242. The van der Waals surface area contributed by atoms with E-state index in [0.29, 0.717) is 5.92 Å². The Bertz CT molecular complexity index is 261. The highest BCUT2D eigenvalue weighted by molar-refractivity contribution is 8.03. The molecule has 1 aliphatic rings. The van der Waals surface area contributed by atoms with Crippen LogP contribution in [0.1, 0.15) is 46.0 Å². The molecule has 1 N–H and O–H groups in total. The molecule has 0 bridgehead atoms. The van der Waals surface area contributed by atoms with Crippen LogP contribution in [0, 0.1) is 11.8 Å². The topological polar surface area (TPSA) is 37.3 Å². The van der Waals surface area contributed by atoms with E-state index in [-0.39, 0.29) is 11.2 Å². The number of thioether (sulfide) groups is 1. The second-order valence-electron chi connectivity index (χ2n) is 4.71. The smallest absolute Gasteiger partial charge is 0.307 e. The fourth-order valence-corrected chi connectivity index (χ4v) is 3.96. The second kappa shape index (κ2) is 6.33. The molecule has 3 unspecified atom stereocenters. The first kappa shape index (κ1) is 13.6. The third-order valence-electron chi connectivity index (χ3n) is 3.27. The zero-order valence-electron chi connectivity index (χ0n) is 10.2. The third-order valence-corrected chi connectivity index (χ3v) is 4.65. The Balaban J connectivity index is 2.75. The van der Waals surface area contributed by atoms with Crippen molar-refractivity contribution in [1.82, 2.24) is 0 Å². The van der Waals surface area contributed by atoms with Crippen molar-refractivity contribution in [3.63, 3.8) is 0 Å². The first-order valence-electron chi connectivity index (χ1n) is 6.11. The van der Waals surface area contributed by atoms with E-state index in [2.05, 4.69) is 13.5 Å². The monoisotopic (exact) mass is 242 g/mol. The minimum absolute atomic E-state index is 0.174. The lowest BCUT2D eigenvalue weighted by molar-refractivity contribution is -0.143. The lowest BCUT2D eigenvalue weighted by atomic mass is 9.79. The minimum atomic E-state index is -0.625. The molecule has 16 heavy (non-hydrogen) atoms. The van der Waals surface area contributed by atoms with E-state index in [1.54, 1.807) is 11.8 Å². The van der Waals surface area contributed by atoms with Gasteiger partial charge >= 0.3 is 5.97 Å². The predicted molar refractivity (Wildman–Crippen MR) is 69.6 cm³/mol. The van der Waals surface area contributed by atoms with Gasteiger partial charge in [-0.15, -0.1) is 11.8 Å². The van der Waals surface area contributed by atoms with Crippen LogP contribution in [0.5, 0.6) is 0 Å². The van der Waals surface area contributed by atoms with Gasteiger partial charge in [-0.05, 0) is 37.0 Å². The Hall–Kier alpha value is -0.440. The number of allylic oxidation sites excluding steroid dienone is 1. The first-order chi connectivity index (χ1) is 7.56. The van der Waals surface area contributed by atoms with Gasteiger partial charge in [0.05, 0.1) is 5.92 Å². The zero-order valence-corrected chi connectivity index (χ0v) is 11.1. The van der Waals surface area contributed by atoms with Crippen LogP contribution in [-0.2, 0) is 4.79 Å². The predicted octanol–water partition coefficient (Wildman–Crippen LogP) is 3.92. The molecule has 0 spiro atoms. The van der Waals surface area contributed by atoms with Crippen molar-refractivity contribution in [2.24, 2.45) is 11.8 Å². The van der Waals surface area contributed by atoms with Crippen molar-refractivity contribution >= 4 is 17.7 Å². The standard InChI is InChI=1S/C13H22O2S/c1-4-6-10-7-5-8-11(13(14)15)12(10)16-9(2)3/h10-12H,2,4-8H2,1,3H3,(H,14,15). The Morgan fingerprint density at radius 2 is 2.19 bits per heavy atom. The highest BCUT2D eigenvalue weighted by Gasteiger charge is 2.37. The van der Waals surface area contributed by atoms with Crippen molar-refractivity contribution in [2.75, 3.05) is 0 Å². The molecule has 0 saturated heterocycles. The summed E-state index contributed by atoms with van der Waals surface area (Å²) in [6, 6.07) is 0. The average Bonchev–Trinajstić information content (AvgIpc) is 2.19. The highest BCUT2D eigenvalue weighted by atomic mass is 32.2. The SMILES string of the molecule is C=C(C)SC1C(CCC)CCCC1C(=O)O. The molecular formula is C13H22O2S. The number of hydrogen-bond donors (Lipinski definition) is 1. The normalized spacial score (nSPS) is 30.0. The molecule has 0 aliphatic heterocycles. The number of carbonyl (C=O) groups is 1. The van der Waals surface area contributed by atoms with Crippen LogP contribution in [0.3, 0.4) is 0 Å².